The number of benzene rings is 2. The number of aliphatic hydroxyl groups is 2. The van der Waals surface area contributed by atoms with E-state index in [1.807, 2.05) is 0 Å². The molecule has 10 rings (SSSR count). The highest BCUT2D eigenvalue weighted by atomic mass is 19.1. The van der Waals surface area contributed by atoms with Gasteiger partial charge in [-0.1, -0.05) is 45.9 Å². The summed E-state index contributed by atoms with van der Waals surface area (Å²) in [6, 6.07) is 0.468. The minimum atomic E-state index is -2.19. The van der Waals surface area contributed by atoms with Crippen LogP contribution in [-0.2, 0) is 28.6 Å². The number of pyridine rings is 1. The number of aromatic hydroxyl groups is 1. The SMILES string of the molecule is COc1c(N2CCC(NC(=O)C3CCN(C4=C5NC(=O)/C(C)=C\C=C\[C@@H](C)[C@H](O)[C@@H](C)[C@H](O)[C@@H](C)[C@@H](OC(C)=O)[C@H](C)[C@@H](OC)/C=C/O[C@@]6(C)Oc7c(C)c(O)c(c(c7C6=O)C4=O)C5=O)CC3)C2)c(F)cc2c(=O)c(C(=O)O)cn(C3CC3)c12. The van der Waals surface area contributed by atoms with Crippen LogP contribution in [-0.4, -0.2) is 148 Å². The maximum absolute atomic E-state index is 16.2. The van der Waals surface area contributed by atoms with Gasteiger partial charge in [-0.05, 0) is 58.1 Å². The number of aromatic nitrogens is 1. The molecule has 10 atom stereocenters. The lowest BCUT2D eigenvalue weighted by Crippen LogP contribution is -2.47. The van der Waals surface area contributed by atoms with Crippen molar-refractivity contribution in [2.45, 2.75) is 130 Å². The second-order valence-corrected chi connectivity index (χ2v) is 23.2. The van der Waals surface area contributed by atoms with Gasteiger partial charge in [-0.2, -0.15) is 0 Å². The highest BCUT2D eigenvalue weighted by molar-refractivity contribution is 6.32. The van der Waals surface area contributed by atoms with E-state index in [1.165, 1.54) is 66.3 Å². The number of phenolic OH excluding ortho intramolecular Hbond substituents is 1. The number of methoxy groups -OCH3 is 2. The van der Waals surface area contributed by atoms with E-state index in [9.17, 15) is 49.2 Å². The average Bonchev–Trinajstić information content (AvgIpc) is 1.44. The number of aliphatic hydroxyl groups excluding tert-OH is 2. The third-order valence-corrected chi connectivity index (χ3v) is 17.5. The summed E-state index contributed by atoms with van der Waals surface area (Å²) in [7, 11) is 2.75. The summed E-state index contributed by atoms with van der Waals surface area (Å²) in [5.41, 5.74) is -3.15. The second-order valence-electron chi connectivity index (χ2n) is 23.2. The van der Waals surface area contributed by atoms with E-state index in [4.69, 9.17) is 23.7 Å². The number of halogens is 1. The molecule has 22 nitrogen and oxygen atoms in total. The van der Waals surface area contributed by atoms with Gasteiger partial charge in [0.25, 0.3) is 11.7 Å². The van der Waals surface area contributed by atoms with Crippen molar-refractivity contribution in [3.8, 4) is 17.2 Å². The number of allylic oxidation sites excluding steroid dienone is 4. The van der Waals surface area contributed by atoms with Crippen LogP contribution in [0.2, 0.25) is 0 Å². The largest absolute Gasteiger partial charge is 0.507 e. The Bertz CT molecular complexity index is 3450. The Hall–Kier alpha value is -7.89. The maximum Gasteiger partial charge on any atom is 0.341 e. The molecule has 450 valence electrons. The Morgan fingerprint density at radius 1 is 0.869 bits per heavy atom. The van der Waals surface area contributed by atoms with Gasteiger partial charge >= 0.3 is 17.7 Å². The molecule has 0 radical (unpaired) electrons. The third kappa shape index (κ3) is 11.0. The Kier molecular flexibility index (Phi) is 17.1. The zero-order chi connectivity index (χ0) is 61.1. The molecular weight excluding hydrogens is 1090 g/mol. The van der Waals surface area contributed by atoms with Crippen molar-refractivity contribution in [2.24, 2.45) is 29.6 Å². The number of anilines is 1. The molecule has 6 N–H and O–H groups in total. The molecule has 5 bridgehead atoms. The summed E-state index contributed by atoms with van der Waals surface area (Å²) in [5.74, 6) is -13.2. The fourth-order valence-electron chi connectivity index (χ4n) is 12.5. The van der Waals surface area contributed by atoms with Gasteiger partial charge in [0, 0.05) is 106 Å². The molecule has 0 spiro atoms. The van der Waals surface area contributed by atoms with Crippen LogP contribution in [0.15, 0.2) is 64.6 Å². The number of hydrogen-bond donors (Lipinski definition) is 6. The molecule has 7 aliphatic rings. The van der Waals surface area contributed by atoms with Crippen LogP contribution in [0.25, 0.3) is 10.9 Å². The number of carboxylic acids is 1. The Balaban J connectivity index is 1.01. The number of phenols is 1. The van der Waals surface area contributed by atoms with Crippen molar-refractivity contribution in [2.75, 3.05) is 45.3 Å². The Labute approximate surface area is 483 Å². The van der Waals surface area contributed by atoms with Crippen LogP contribution >= 0.6 is 0 Å². The molecule has 2 aliphatic carbocycles. The van der Waals surface area contributed by atoms with Crippen LogP contribution in [0.3, 0.4) is 0 Å². The number of amides is 2. The first-order valence-corrected chi connectivity index (χ1v) is 28.3. The number of carbonyl (C=O) groups is 7. The first kappa shape index (κ1) is 60.7. The van der Waals surface area contributed by atoms with E-state index in [-0.39, 0.29) is 94.9 Å². The van der Waals surface area contributed by atoms with Crippen LogP contribution in [0.5, 0.6) is 17.2 Å². The number of piperidine rings is 1. The van der Waals surface area contributed by atoms with Crippen molar-refractivity contribution in [3.63, 3.8) is 0 Å². The molecule has 1 aromatic heterocycles. The van der Waals surface area contributed by atoms with Gasteiger partial charge in [0.15, 0.2) is 11.6 Å². The highest BCUT2D eigenvalue weighted by Crippen LogP contribution is 2.50. The average molecular weight is 1170 g/mol. The summed E-state index contributed by atoms with van der Waals surface area (Å²) < 4.78 is 47.4. The van der Waals surface area contributed by atoms with E-state index >= 15 is 14.0 Å². The van der Waals surface area contributed by atoms with E-state index < -0.39 is 140 Å². The molecule has 3 aromatic rings. The summed E-state index contributed by atoms with van der Waals surface area (Å²) in [6.45, 7) is 12.6. The van der Waals surface area contributed by atoms with Crippen molar-refractivity contribution in [1.29, 1.82) is 0 Å². The van der Waals surface area contributed by atoms with Crippen LogP contribution in [0, 0.1) is 42.3 Å². The van der Waals surface area contributed by atoms with Gasteiger partial charge in [-0.15, -0.1) is 0 Å². The van der Waals surface area contributed by atoms with Gasteiger partial charge in [-0.3, -0.25) is 33.6 Å². The maximum atomic E-state index is 16.2. The lowest BCUT2D eigenvalue weighted by atomic mass is 9.78. The molecule has 2 aromatic carbocycles. The number of fused-ring (bicyclic) bond motifs is 15. The number of rotatable bonds is 9. The zero-order valence-electron chi connectivity index (χ0n) is 48.6. The van der Waals surface area contributed by atoms with Crippen molar-refractivity contribution in [3.05, 3.63) is 104 Å². The number of nitrogens with zero attached hydrogens (tertiary/aromatic N) is 3. The number of carbonyl (C=O) groups excluding carboxylic acids is 6. The monoisotopic (exact) mass is 1170 g/mol. The van der Waals surface area contributed by atoms with Crippen molar-refractivity contribution < 1.29 is 82.1 Å². The minimum absolute atomic E-state index is 0.000893. The molecule has 6 heterocycles. The van der Waals surface area contributed by atoms with Crippen LogP contribution in [0.1, 0.15) is 134 Å². The number of nitrogens with one attached hydrogen (secondary N) is 2. The molecule has 2 saturated heterocycles. The zero-order valence-corrected chi connectivity index (χ0v) is 48.6. The van der Waals surface area contributed by atoms with Gasteiger partial charge in [0.2, 0.25) is 22.9 Å². The van der Waals surface area contributed by atoms with E-state index in [0.29, 0.717) is 13.0 Å². The molecule has 1 unspecified atom stereocenters. The number of ether oxygens (including phenoxy) is 5. The van der Waals surface area contributed by atoms with Gasteiger partial charge in [0.05, 0.1) is 59.3 Å². The Morgan fingerprint density at radius 2 is 1.55 bits per heavy atom. The number of Topliss-reactive ketones (excluding diaryl/α,β-unsaturated/α-hetero) is 3. The lowest BCUT2D eigenvalue weighted by molar-refractivity contribution is -0.160. The second kappa shape index (κ2) is 23.6. The predicted octanol–water partition coefficient (Wildman–Crippen LogP) is 5.56. The third-order valence-electron chi connectivity index (χ3n) is 17.5. The number of carboxylic acid groups (broad SMARTS) is 1. The first-order valence-electron chi connectivity index (χ1n) is 28.3. The smallest absolute Gasteiger partial charge is 0.341 e. The van der Waals surface area contributed by atoms with Gasteiger partial charge < -0.3 is 69.1 Å². The quantitative estimate of drug-likeness (QED) is 0.143. The molecule has 5 aliphatic heterocycles. The predicted molar refractivity (Wildman–Crippen MR) is 301 cm³/mol. The molecule has 84 heavy (non-hydrogen) atoms. The van der Waals surface area contributed by atoms with Crippen molar-refractivity contribution >= 4 is 57.7 Å². The standard InChI is InChI=1S/C61H72FN5O17/c1-27-12-11-13-28(2)58(76)64-44-47(65-20-16-34(17-21-65)59(77)63-35-18-22-66(25-35)46-39(62)24-37-45(56(46)81-10)67(36-14-15-36)26-38(51(37)72)60(78)79)53(74)41-42(52(44)73)50(71)32(6)55-43(41)57(75)61(8,84-55)82-23-19-40(80-9)29(3)54(83-33(7)68)31(5)49(70)30(4)48(27)69/h11-13,19,23-24,26-27,29-31,34-36,40,48-49,54,69-71H,14-18,20-22,25H2,1-10H3,(H,63,77)(H,64,76)(H,78,79)/b12-11+,23-19+,28-13-/t27-,29-,30-,31-,35?,40+,48+,49+,54+,61+/m1/s1. The van der Waals surface area contributed by atoms with Crippen LogP contribution < -0.4 is 30.4 Å². The first-order chi connectivity index (χ1) is 39.7. The summed E-state index contributed by atoms with van der Waals surface area (Å²) in [5, 5.41) is 50.4. The molecule has 2 amide bonds. The number of likely N-dealkylation sites (tertiary alicyclic amines) is 1. The van der Waals surface area contributed by atoms with Gasteiger partial charge in [0.1, 0.15) is 40.2 Å². The molecule has 3 fully saturated rings. The fourth-order valence-corrected chi connectivity index (χ4v) is 12.5. The fraction of sp³-hybridized carbons (Fsp3) is 0.508. The lowest BCUT2D eigenvalue weighted by Gasteiger charge is -2.38. The molecule has 23 heteroatoms. The number of aromatic carboxylic acids is 1. The van der Waals surface area contributed by atoms with E-state index in [0.717, 1.165) is 25.2 Å². The summed E-state index contributed by atoms with van der Waals surface area (Å²) in [6.07, 6.45) is 6.42. The van der Waals surface area contributed by atoms with Crippen molar-refractivity contribution in [1.82, 2.24) is 20.1 Å². The van der Waals surface area contributed by atoms with Crippen LogP contribution in [0.4, 0.5) is 10.1 Å². The number of hydrogen-bond acceptors (Lipinski definition) is 18. The normalized spacial score (nSPS) is 29.4. The van der Waals surface area contributed by atoms with Gasteiger partial charge in [-0.25, -0.2) is 9.18 Å². The Morgan fingerprint density at radius 3 is 2.18 bits per heavy atom. The molecular formula is C61H72FN5O17. The minimum Gasteiger partial charge on any atom is -0.507 e. The topological polar surface area (TPSA) is 299 Å². The molecule has 1 saturated carbocycles. The van der Waals surface area contributed by atoms with E-state index in [2.05, 4.69) is 10.6 Å². The summed E-state index contributed by atoms with van der Waals surface area (Å²) >= 11 is 0. The number of esters is 1. The van der Waals surface area contributed by atoms with E-state index in [1.54, 1.807) is 48.1 Å². The number of ketones is 3. The summed E-state index contributed by atoms with van der Waals surface area (Å²) in [4.78, 5) is 115. The highest BCUT2D eigenvalue weighted by Gasteiger charge is 2.53.